The molecule has 2 heterocycles. The third kappa shape index (κ3) is 4.90. The first kappa shape index (κ1) is 22.4. The molecule has 30 heavy (non-hydrogen) atoms. The van der Waals surface area contributed by atoms with E-state index in [-0.39, 0.29) is 24.2 Å². The number of halogens is 2. The van der Waals surface area contributed by atoms with Crippen molar-refractivity contribution in [2.75, 3.05) is 7.05 Å². The molecule has 8 heteroatoms. The molecule has 0 saturated heterocycles. The average molecular weight is 495 g/mol. The Bertz CT molecular complexity index is 1040. The van der Waals surface area contributed by atoms with Gasteiger partial charge < -0.3 is 14.1 Å². The molecule has 0 aliphatic rings. The second-order valence-corrected chi connectivity index (χ2v) is 8.83. The first-order valence-electron chi connectivity index (χ1n) is 9.60. The molecule has 160 valence electrons. The van der Waals surface area contributed by atoms with E-state index < -0.39 is 0 Å². The molecule has 0 aliphatic carbocycles. The van der Waals surface area contributed by atoms with Crippen molar-refractivity contribution in [2.45, 2.75) is 39.8 Å². The number of nitrogens with zero attached hydrogens (tertiary/aromatic N) is 3. The standard InChI is InChI=1S/C22H25BrClN3O3/c1-13(2)16-9-18(24)14(3)8-21(16)29-12-15-6-7-20(30-15)22(28)26(4)11-19-17(23)10-25-27(19)5/h6-10,13H,11-12H2,1-5H3. The summed E-state index contributed by atoms with van der Waals surface area (Å²) < 4.78 is 14.3. The van der Waals surface area contributed by atoms with Gasteiger partial charge in [0.2, 0.25) is 0 Å². The van der Waals surface area contributed by atoms with E-state index in [0.29, 0.717) is 12.3 Å². The fourth-order valence-corrected chi connectivity index (χ4v) is 3.71. The number of rotatable bonds is 7. The van der Waals surface area contributed by atoms with Gasteiger partial charge in [-0.05, 0) is 64.2 Å². The predicted octanol–water partition coefficient (Wildman–Crippen LogP) is 5.71. The number of carbonyl (C=O) groups excluding carboxylic acids is 1. The van der Waals surface area contributed by atoms with Crippen LogP contribution >= 0.6 is 27.5 Å². The number of hydrogen-bond acceptors (Lipinski definition) is 4. The van der Waals surface area contributed by atoms with E-state index in [1.165, 1.54) is 0 Å². The van der Waals surface area contributed by atoms with Crippen LogP contribution in [0.2, 0.25) is 5.02 Å². The lowest BCUT2D eigenvalue weighted by molar-refractivity contribution is 0.0746. The van der Waals surface area contributed by atoms with Crippen LogP contribution in [0.5, 0.6) is 5.75 Å². The van der Waals surface area contributed by atoms with Crippen molar-refractivity contribution >= 4 is 33.4 Å². The molecule has 1 amide bonds. The number of carbonyl (C=O) groups is 1. The lowest BCUT2D eigenvalue weighted by atomic mass is 10.0. The molecule has 2 aromatic heterocycles. The Kier molecular flexibility index (Phi) is 6.93. The first-order chi connectivity index (χ1) is 14.2. The van der Waals surface area contributed by atoms with E-state index in [1.54, 1.807) is 35.0 Å². The Labute approximate surface area is 189 Å². The lowest BCUT2D eigenvalue weighted by Crippen LogP contribution is -2.27. The molecule has 0 bridgehead atoms. The summed E-state index contributed by atoms with van der Waals surface area (Å²) in [5.41, 5.74) is 2.89. The van der Waals surface area contributed by atoms with Gasteiger partial charge in [-0.25, -0.2) is 0 Å². The van der Waals surface area contributed by atoms with Crippen molar-refractivity contribution in [3.05, 3.63) is 68.3 Å². The molecule has 3 rings (SSSR count). The van der Waals surface area contributed by atoms with Gasteiger partial charge in [0.15, 0.2) is 5.76 Å². The molecule has 3 aromatic rings. The summed E-state index contributed by atoms with van der Waals surface area (Å²) in [5.74, 6) is 1.68. The van der Waals surface area contributed by atoms with Crippen molar-refractivity contribution in [1.82, 2.24) is 14.7 Å². The molecule has 0 N–H and O–H groups in total. The molecule has 0 aliphatic heterocycles. The van der Waals surface area contributed by atoms with Crippen LogP contribution < -0.4 is 4.74 Å². The van der Waals surface area contributed by atoms with Crippen LogP contribution in [0.3, 0.4) is 0 Å². The SMILES string of the molecule is Cc1cc(OCc2ccc(C(=O)N(C)Cc3c(Br)cnn3C)o2)c(C(C)C)cc1Cl. The van der Waals surface area contributed by atoms with E-state index >= 15 is 0 Å². The fraction of sp³-hybridized carbons (Fsp3) is 0.364. The molecule has 6 nitrogen and oxygen atoms in total. The molecule has 0 fully saturated rings. The smallest absolute Gasteiger partial charge is 0.289 e. The van der Waals surface area contributed by atoms with Crippen LogP contribution in [-0.4, -0.2) is 27.6 Å². The van der Waals surface area contributed by atoms with Crippen molar-refractivity contribution in [2.24, 2.45) is 7.05 Å². The summed E-state index contributed by atoms with van der Waals surface area (Å²) in [6, 6.07) is 7.32. The number of amides is 1. The van der Waals surface area contributed by atoms with Crippen LogP contribution in [0.4, 0.5) is 0 Å². The highest BCUT2D eigenvalue weighted by molar-refractivity contribution is 9.10. The largest absolute Gasteiger partial charge is 0.485 e. The van der Waals surface area contributed by atoms with E-state index in [2.05, 4.69) is 34.9 Å². The molecule has 0 atom stereocenters. The van der Waals surface area contributed by atoms with Crippen molar-refractivity contribution in [1.29, 1.82) is 0 Å². The highest BCUT2D eigenvalue weighted by Crippen LogP contribution is 2.32. The van der Waals surface area contributed by atoms with Crippen molar-refractivity contribution < 1.29 is 13.9 Å². The highest BCUT2D eigenvalue weighted by atomic mass is 79.9. The van der Waals surface area contributed by atoms with E-state index in [1.807, 2.05) is 26.1 Å². The number of hydrogen-bond donors (Lipinski definition) is 0. The van der Waals surface area contributed by atoms with Gasteiger partial charge in [-0.1, -0.05) is 25.4 Å². The topological polar surface area (TPSA) is 60.5 Å². The molecular formula is C22H25BrClN3O3. The zero-order chi connectivity index (χ0) is 22.0. The first-order valence-corrected chi connectivity index (χ1v) is 10.8. The Morgan fingerprint density at radius 1 is 1.37 bits per heavy atom. The maximum atomic E-state index is 12.7. The van der Waals surface area contributed by atoms with Crippen LogP contribution in [0.15, 0.2) is 39.4 Å². The Hall–Kier alpha value is -2.25. The summed E-state index contributed by atoms with van der Waals surface area (Å²) in [4.78, 5) is 14.3. The number of ether oxygens (including phenoxy) is 1. The van der Waals surface area contributed by atoms with Crippen LogP contribution in [0, 0.1) is 6.92 Å². The summed E-state index contributed by atoms with van der Waals surface area (Å²) in [6.45, 7) is 6.76. The van der Waals surface area contributed by atoms with Gasteiger partial charge in [-0.2, -0.15) is 5.10 Å². The normalized spacial score (nSPS) is 11.2. The Morgan fingerprint density at radius 2 is 2.10 bits per heavy atom. The average Bonchev–Trinajstić information content (AvgIpc) is 3.29. The molecule has 1 aromatic carbocycles. The maximum absolute atomic E-state index is 12.7. The van der Waals surface area contributed by atoms with Crippen LogP contribution in [0.25, 0.3) is 0 Å². The van der Waals surface area contributed by atoms with Crippen LogP contribution in [-0.2, 0) is 20.2 Å². The van der Waals surface area contributed by atoms with E-state index in [0.717, 1.165) is 32.1 Å². The summed E-state index contributed by atoms with van der Waals surface area (Å²) >= 11 is 9.71. The van der Waals surface area contributed by atoms with Gasteiger partial charge in [0.05, 0.1) is 22.9 Å². The van der Waals surface area contributed by atoms with Gasteiger partial charge >= 0.3 is 0 Å². The second kappa shape index (κ2) is 9.27. The minimum absolute atomic E-state index is 0.209. The summed E-state index contributed by atoms with van der Waals surface area (Å²) in [6.07, 6.45) is 1.71. The van der Waals surface area contributed by atoms with Gasteiger partial charge in [0.1, 0.15) is 18.1 Å². The number of aromatic nitrogens is 2. The van der Waals surface area contributed by atoms with E-state index in [4.69, 9.17) is 20.8 Å². The number of furan rings is 1. The minimum Gasteiger partial charge on any atom is -0.485 e. The molecule has 0 spiro atoms. The summed E-state index contributed by atoms with van der Waals surface area (Å²) in [7, 11) is 3.57. The fourth-order valence-electron chi connectivity index (χ4n) is 3.06. The number of aryl methyl sites for hydroxylation is 2. The maximum Gasteiger partial charge on any atom is 0.289 e. The minimum atomic E-state index is -0.209. The van der Waals surface area contributed by atoms with Gasteiger partial charge in [-0.3, -0.25) is 9.48 Å². The summed E-state index contributed by atoms with van der Waals surface area (Å²) in [5, 5.41) is 4.90. The van der Waals surface area contributed by atoms with Crippen molar-refractivity contribution in [3.8, 4) is 5.75 Å². The lowest BCUT2D eigenvalue weighted by Gasteiger charge is -2.16. The molecule has 0 saturated carbocycles. The third-order valence-corrected chi connectivity index (χ3v) is 5.97. The Balaban J connectivity index is 1.68. The zero-order valence-corrected chi connectivity index (χ0v) is 20.0. The molecular weight excluding hydrogens is 470 g/mol. The Morgan fingerprint density at radius 3 is 2.73 bits per heavy atom. The monoisotopic (exact) mass is 493 g/mol. The van der Waals surface area contributed by atoms with Gasteiger partial charge in [-0.15, -0.1) is 0 Å². The number of benzene rings is 1. The van der Waals surface area contributed by atoms with Crippen LogP contribution in [0.1, 0.15) is 52.9 Å². The van der Waals surface area contributed by atoms with Gasteiger partial charge in [0.25, 0.3) is 5.91 Å². The van der Waals surface area contributed by atoms with Crippen molar-refractivity contribution in [3.63, 3.8) is 0 Å². The molecule has 0 radical (unpaired) electrons. The highest BCUT2D eigenvalue weighted by Gasteiger charge is 2.19. The van der Waals surface area contributed by atoms with Gasteiger partial charge in [0, 0.05) is 19.1 Å². The van der Waals surface area contributed by atoms with E-state index in [9.17, 15) is 4.79 Å². The molecule has 0 unspecified atom stereocenters. The third-order valence-electron chi connectivity index (χ3n) is 4.90. The quantitative estimate of drug-likeness (QED) is 0.422. The second-order valence-electron chi connectivity index (χ2n) is 7.57. The predicted molar refractivity (Wildman–Crippen MR) is 120 cm³/mol. The zero-order valence-electron chi connectivity index (χ0n) is 17.7.